The predicted octanol–water partition coefficient (Wildman–Crippen LogP) is 0.281. The zero-order valence-electron chi connectivity index (χ0n) is 13.8. The smallest absolute Gasteiger partial charge is 0.242 e. The van der Waals surface area contributed by atoms with Crippen LogP contribution in [0.1, 0.15) is 19.8 Å². The maximum atomic E-state index is 12.7. The molecule has 2 atom stereocenters. The van der Waals surface area contributed by atoms with Crippen molar-refractivity contribution < 1.29 is 9.53 Å². The molecule has 0 saturated carbocycles. The molecule has 0 radical (unpaired) electrons. The first-order chi connectivity index (χ1) is 11.2. The lowest BCUT2D eigenvalue weighted by molar-refractivity contribution is -0.140. The Morgan fingerprint density at radius 3 is 2.87 bits per heavy atom. The maximum Gasteiger partial charge on any atom is 0.242 e. The van der Waals surface area contributed by atoms with Gasteiger partial charge in [0.2, 0.25) is 5.91 Å². The molecule has 0 bridgehead atoms. The van der Waals surface area contributed by atoms with Crippen molar-refractivity contribution >= 4 is 11.7 Å². The molecule has 1 amide bonds. The van der Waals surface area contributed by atoms with Gasteiger partial charge in [-0.3, -0.25) is 4.79 Å². The number of ether oxygens (including phenoxy) is 1. The SMILES string of the molecule is C[C@H]1OCCN[C@@H]1C(=O)N(C)C1CCN(c2cccnn2)CC1. The Kier molecular flexibility index (Phi) is 5.07. The Morgan fingerprint density at radius 1 is 1.43 bits per heavy atom. The van der Waals surface area contributed by atoms with Crippen LogP contribution in [0.15, 0.2) is 18.3 Å². The standard InChI is InChI=1S/C16H25N5O2/c1-12-15(17-8-11-23-12)16(22)20(2)13-5-9-21(10-6-13)14-4-3-7-18-19-14/h3-4,7,12-13,15,17H,5-6,8-11H2,1-2H3/t12-,15+/m1/s1. The lowest BCUT2D eigenvalue weighted by atomic mass is 10.0. The van der Waals surface area contributed by atoms with Crippen LogP contribution in [0.25, 0.3) is 0 Å². The number of nitrogens with one attached hydrogen (secondary N) is 1. The van der Waals surface area contributed by atoms with Crippen molar-refractivity contribution in [3.05, 3.63) is 18.3 Å². The number of piperidine rings is 1. The van der Waals surface area contributed by atoms with Gasteiger partial charge in [0, 0.05) is 38.9 Å². The van der Waals surface area contributed by atoms with Gasteiger partial charge >= 0.3 is 0 Å². The van der Waals surface area contributed by atoms with Crippen LogP contribution in [0.2, 0.25) is 0 Å². The predicted molar refractivity (Wildman–Crippen MR) is 87.2 cm³/mol. The van der Waals surface area contributed by atoms with Crippen LogP contribution in [0.5, 0.6) is 0 Å². The Balaban J connectivity index is 1.55. The molecule has 7 nitrogen and oxygen atoms in total. The van der Waals surface area contributed by atoms with Crippen LogP contribution in [-0.4, -0.2) is 72.5 Å². The Morgan fingerprint density at radius 2 is 2.22 bits per heavy atom. The van der Waals surface area contributed by atoms with Gasteiger partial charge in [-0.25, -0.2) is 0 Å². The number of aromatic nitrogens is 2. The minimum absolute atomic E-state index is 0.0709. The lowest BCUT2D eigenvalue weighted by Crippen LogP contribution is -2.58. The van der Waals surface area contributed by atoms with E-state index in [9.17, 15) is 4.79 Å². The fourth-order valence-electron chi connectivity index (χ4n) is 3.35. The maximum absolute atomic E-state index is 12.7. The number of hydrogen-bond acceptors (Lipinski definition) is 6. The Labute approximate surface area is 137 Å². The average molecular weight is 319 g/mol. The van der Waals surface area contributed by atoms with Crippen molar-refractivity contribution in [2.75, 3.05) is 38.2 Å². The van der Waals surface area contributed by atoms with Gasteiger partial charge in [-0.05, 0) is 31.9 Å². The van der Waals surface area contributed by atoms with E-state index in [1.807, 2.05) is 31.0 Å². The van der Waals surface area contributed by atoms with Gasteiger partial charge in [0.15, 0.2) is 5.82 Å². The van der Waals surface area contributed by atoms with Crippen LogP contribution in [-0.2, 0) is 9.53 Å². The van der Waals surface area contributed by atoms with E-state index in [2.05, 4.69) is 20.4 Å². The second-order valence-corrected chi connectivity index (χ2v) is 6.26. The third-order valence-corrected chi connectivity index (χ3v) is 4.82. The molecule has 0 aromatic carbocycles. The summed E-state index contributed by atoms with van der Waals surface area (Å²) in [6.07, 6.45) is 3.50. The molecular formula is C16H25N5O2. The third kappa shape index (κ3) is 3.61. The van der Waals surface area contributed by atoms with Crippen molar-refractivity contribution in [3.63, 3.8) is 0 Å². The molecule has 1 N–H and O–H groups in total. The molecule has 126 valence electrons. The molecule has 0 aliphatic carbocycles. The van der Waals surface area contributed by atoms with Crippen LogP contribution in [0.4, 0.5) is 5.82 Å². The summed E-state index contributed by atoms with van der Waals surface area (Å²) < 4.78 is 5.59. The van der Waals surface area contributed by atoms with Gasteiger partial charge in [0.25, 0.3) is 0 Å². The Bertz CT molecular complexity index is 518. The highest BCUT2D eigenvalue weighted by Crippen LogP contribution is 2.21. The zero-order chi connectivity index (χ0) is 16.2. The largest absolute Gasteiger partial charge is 0.375 e. The molecular weight excluding hydrogens is 294 g/mol. The molecule has 3 rings (SSSR count). The van der Waals surface area contributed by atoms with Crippen molar-refractivity contribution in [1.29, 1.82) is 0 Å². The monoisotopic (exact) mass is 319 g/mol. The number of carbonyl (C=O) groups is 1. The molecule has 7 heteroatoms. The highest BCUT2D eigenvalue weighted by atomic mass is 16.5. The van der Waals surface area contributed by atoms with E-state index in [1.54, 1.807) is 6.20 Å². The first-order valence-corrected chi connectivity index (χ1v) is 8.31. The van der Waals surface area contributed by atoms with Crippen LogP contribution in [0, 0.1) is 0 Å². The fourth-order valence-corrected chi connectivity index (χ4v) is 3.35. The summed E-state index contributed by atoms with van der Waals surface area (Å²) in [7, 11) is 1.91. The van der Waals surface area contributed by atoms with Crippen LogP contribution >= 0.6 is 0 Å². The minimum Gasteiger partial charge on any atom is -0.375 e. The lowest BCUT2D eigenvalue weighted by Gasteiger charge is -2.40. The molecule has 2 saturated heterocycles. The van der Waals surface area contributed by atoms with Crippen molar-refractivity contribution in [3.8, 4) is 0 Å². The summed E-state index contributed by atoms with van der Waals surface area (Å²) in [5.74, 6) is 1.05. The molecule has 2 aliphatic heterocycles. The third-order valence-electron chi connectivity index (χ3n) is 4.82. The number of nitrogens with zero attached hydrogens (tertiary/aromatic N) is 4. The van der Waals surface area contributed by atoms with Crippen LogP contribution in [0.3, 0.4) is 0 Å². The highest BCUT2D eigenvalue weighted by Gasteiger charge is 2.34. The summed E-state index contributed by atoms with van der Waals surface area (Å²) in [5, 5.41) is 11.4. The average Bonchev–Trinajstić information content (AvgIpc) is 2.62. The summed E-state index contributed by atoms with van der Waals surface area (Å²) in [6, 6.07) is 3.92. The molecule has 0 unspecified atom stereocenters. The topological polar surface area (TPSA) is 70.6 Å². The molecule has 3 heterocycles. The molecule has 1 aromatic rings. The van der Waals surface area contributed by atoms with Gasteiger partial charge in [0.1, 0.15) is 6.04 Å². The number of likely N-dealkylation sites (N-methyl/N-ethyl adjacent to an activating group) is 1. The summed E-state index contributed by atoms with van der Waals surface area (Å²) >= 11 is 0. The Hall–Kier alpha value is -1.73. The van der Waals surface area contributed by atoms with E-state index >= 15 is 0 Å². The second-order valence-electron chi connectivity index (χ2n) is 6.26. The first-order valence-electron chi connectivity index (χ1n) is 8.31. The summed E-state index contributed by atoms with van der Waals surface area (Å²) in [4.78, 5) is 16.8. The zero-order valence-corrected chi connectivity index (χ0v) is 13.8. The van der Waals surface area contributed by atoms with Crippen molar-refractivity contribution in [2.45, 2.75) is 38.0 Å². The number of morpholine rings is 1. The number of hydrogen-bond donors (Lipinski definition) is 1. The van der Waals surface area contributed by atoms with Gasteiger partial charge in [-0.1, -0.05) is 0 Å². The second kappa shape index (κ2) is 7.23. The molecule has 2 fully saturated rings. The van der Waals surface area contributed by atoms with E-state index in [0.29, 0.717) is 6.61 Å². The molecule has 2 aliphatic rings. The van der Waals surface area contributed by atoms with E-state index in [-0.39, 0.29) is 24.1 Å². The van der Waals surface area contributed by atoms with Crippen molar-refractivity contribution in [1.82, 2.24) is 20.4 Å². The van der Waals surface area contributed by atoms with Crippen molar-refractivity contribution in [2.24, 2.45) is 0 Å². The first kappa shape index (κ1) is 16.1. The van der Waals surface area contributed by atoms with Crippen LogP contribution < -0.4 is 10.2 Å². The van der Waals surface area contributed by atoms with Gasteiger partial charge < -0.3 is 19.9 Å². The number of rotatable bonds is 3. The van der Waals surface area contributed by atoms with Gasteiger partial charge in [-0.15, -0.1) is 5.10 Å². The number of anilines is 1. The highest BCUT2D eigenvalue weighted by molar-refractivity contribution is 5.82. The van der Waals surface area contributed by atoms with E-state index in [4.69, 9.17) is 4.74 Å². The number of carbonyl (C=O) groups excluding carboxylic acids is 1. The number of amides is 1. The fraction of sp³-hybridized carbons (Fsp3) is 0.688. The molecule has 1 aromatic heterocycles. The van der Waals surface area contributed by atoms with Gasteiger partial charge in [-0.2, -0.15) is 5.10 Å². The normalized spacial score (nSPS) is 26.1. The summed E-state index contributed by atoms with van der Waals surface area (Å²) in [5.41, 5.74) is 0. The van der Waals surface area contributed by atoms with E-state index in [1.165, 1.54) is 0 Å². The molecule has 23 heavy (non-hydrogen) atoms. The summed E-state index contributed by atoms with van der Waals surface area (Å²) in [6.45, 7) is 5.15. The van der Waals surface area contributed by atoms with E-state index < -0.39 is 0 Å². The molecule has 0 spiro atoms. The van der Waals surface area contributed by atoms with E-state index in [0.717, 1.165) is 38.3 Å². The van der Waals surface area contributed by atoms with Gasteiger partial charge in [0.05, 0.1) is 12.7 Å². The minimum atomic E-state index is -0.230. The quantitative estimate of drug-likeness (QED) is 0.863.